The van der Waals surface area contributed by atoms with Crippen LogP contribution in [-0.2, 0) is 0 Å². The Kier molecular flexibility index (Phi) is 6.73. The fourth-order valence-electron chi connectivity index (χ4n) is 9.42. The lowest BCUT2D eigenvalue weighted by atomic mass is 9.89. The molecule has 0 fully saturated rings. The zero-order chi connectivity index (χ0) is 36.7. The highest BCUT2D eigenvalue weighted by molar-refractivity contribution is 6.26. The summed E-state index contributed by atoms with van der Waals surface area (Å²) in [6, 6.07) is 76.5. The van der Waals surface area contributed by atoms with Crippen molar-refractivity contribution in [3.8, 4) is 55.6 Å². The molecule has 0 aromatic heterocycles. The minimum absolute atomic E-state index is 1.21. The molecule has 0 aliphatic heterocycles. The molecule has 0 saturated carbocycles. The molecule has 0 unspecified atom stereocenters. The fraction of sp³-hybridized carbons (Fsp3) is 0. The molecule has 12 rings (SSSR count). The first-order chi connectivity index (χ1) is 27.7. The highest BCUT2D eigenvalue weighted by Gasteiger charge is 2.14. The average Bonchev–Trinajstić information content (AvgIpc) is 3.27. The van der Waals surface area contributed by atoms with Gasteiger partial charge in [-0.3, -0.25) is 0 Å². The molecule has 0 radical (unpaired) electrons. The van der Waals surface area contributed by atoms with Crippen LogP contribution in [0.1, 0.15) is 0 Å². The van der Waals surface area contributed by atoms with Gasteiger partial charge in [0.05, 0.1) is 0 Å². The summed E-state index contributed by atoms with van der Waals surface area (Å²) in [5.41, 5.74) is 12.3. The van der Waals surface area contributed by atoms with Crippen molar-refractivity contribution in [2.75, 3.05) is 0 Å². The van der Waals surface area contributed by atoms with E-state index in [1.165, 1.54) is 120 Å². The molecule has 0 heterocycles. The van der Waals surface area contributed by atoms with Gasteiger partial charge in [-0.25, -0.2) is 0 Å². The molecule has 56 heavy (non-hydrogen) atoms. The third-order valence-electron chi connectivity index (χ3n) is 12.2. The van der Waals surface area contributed by atoms with E-state index in [4.69, 9.17) is 0 Å². The van der Waals surface area contributed by atoms with Crippen molar-refractivity contribution in [3.05, 3.63) is 206 Å². The summed E-state index contributed by atoms with van der Waals surface area (Å²) in [6.07, 6.45) is 0. The maximum atomic E-state index is 2.32. The molecule has 0 saturated heterocycles. The van der Waals surface area contributed by atoms with Crippen LogP contribution in [-0.4, -0.2) is 0 Å². The van der Waals surface area contributed by atoms with Crippen LogP contribution in [0.4, 0.5) is 0 Å². The Morgan fingerprint density at radius 2 is 0.464 bits per heavy atom. The normalized spacial score (nSPS) is 11.9. The molecule has 0 amide bonds. The average molecular weight is 707 g/mol. The van der Waals surface area contributed by atoms with Crippen molar-refractivity contribution in [1.82, 2.24) is 0 Å². The van der Waals surface area contributed by atoms with E-state index in [9.17, 15) is 0 Å². The van der Waals surface area contributed by atoms with Crippen LogP contribution < -0.4 is 0 Å². The summed E-state index contributed by atoms with van der Waals surface area (Å²) in [5, 5.41) is 15.8. The predicted octanol–water partition coefficient (Wildman–Crippen LogP) is 15.8. The van der Waals surface area contributed by atoms with Crippen molar-refractivity contribution in [2.45, 2.75) is 0 Å². The van der Waals surface area contributed by atoms with Gasteiger partial charge in [-0.2, -0.15) is 0 Å². The van der Waals surface area contributed by atoms with E-state index in [1.807, 2.05) is 0 Å². The van der Waals surface area contributed by atoms with Gasteiger partial charge >= 0.3 is 0 Å². The summed E-state index contributed by atoms with van der Waals surface area (Å²) in [4.78, 5) is 0. The third-order valence-corrected chi connectivity index (χ3v) is 12.2. The highest BCUT2D eigenvalue weighted by Crippen LogP contribution is 2.42. The summed E-state index contributed by atoms with van der Waals surface area (Å²) >= 11 is 0. The smallest absolute Gasteiger partial charge is 0.00206 e. The number of hydrogen-bond donors (Lipinski definition) is 0. The van der Waals surface area contributed by atoms with Gasteiger partial charge < -0.3 is 0 Å². The van der Waals surface area contributed by atoms with Gasteiger partial charge in [0.1, 0.15) is 0 Å². The Balaban J connectivity index is 0.847. The monoisotopic (exact) mass is 706 g/mol. The Labute approximate surface area is 325 Å². The van der Waals surface area contributed by atoms with Crippen molar-refractivity contribution < 1.29 is 0 Å². The quantitative estimate of drug-likeness (QED) is 0.156. The van der Waals surface area contributed by atoms with Crippen LogP contribution in [0.15, 0.2) is 206 Å². The Hall–Kier alpha value is -7.28. The first-order valence-electron chi connectivity index (χ1n) is 19.5. The molecule has 12 aromatic rings. The van der Waals surface area contributed by atoms with Crippen molar-refractivity contribution in [1.29, 1.82) is 0 Å². The van der Waals surface area contributed by atoms with Gasteiger partial charge in [0.2, 0.25) is 0 Å². The lowest BCUT2D eigenvalue weighted by Crippen LogP contribution is -1.88. The Bertz CT molecular complexity index is 3170. The minimum Gasteiger partial charge on any atom is -0.0610 e. The molecule has 0 N–H and O–H groups in total. The second kappa shape index (κ2) is 12.1. The summed E-state index contributed by atoms with van der Waals surface area (Å²) < 4.78 is 0. The standard InChI is InChI=1S/C56H34/c1-5-39-21-23-43-25-29-49(51-31-27-41(7-1)53(39)55(43)51)37-17-13-35(14-18-37)45-9-3-11-47(33-45)48-12-4-10-46(34-48)36-15-19-38(20-16-36)50-30-26-44-24-22-40-6-2-8-42-28-32-52(50)56(44)54(40)42/h1-34H. The zero-order valence-corrected chi connectivity index (χ0v) is 30.6. The van der Waals surface area contributed by atoms with E-state index in [-0.39, 0.29) is 0 Å². The largest absolute Gasteiger partial charge is 0.0610 e. The lowest BCUT2D eigenvalue weighted by molar-refractivity contribution is 1.57. The first kappa shape index (κ1) is 31.1. The van der Waals surface area contributed by atoms with Crippen molar-refractivity contribution in [3.63, 3.8) is 0 Å². The highest BCUT2D eigenvalue weighted by atomic mass is 14.2. The van der Waals surface area contributed by atoms with Crippen LogP contribution in [0.3, 0.4) is 0 Å². The van der Waals surface area contributed by atoms with Gasteiger partial charge in [-0.05, 0) is 132 Å². The van der Waals surface area contributed by atoms with E-state index in [2.05, 4.69) is 206 Å². The van der Waals surface area contributed by atoms with Gasteiger partial charge in [-0.15, -0.1) is 0 Å². The summed E-state index contributed by atoms with van der Waals surface area (Å²) in [6.45, 7) is 0. The van der Waals surface area contributed by atoms with E-state index >= 15 is 0 Å². The lowest BCUT2D eigenvalue weighted by Gasteiger charge is -2.15. The maximum absolute atomic E-state index is 2.32. The van der Waals surface area contributed by atoms with Crippen molar-refractivity contribution in [2.24, 2.45) is 0 Å². The molecule has 0 aliphatic rings. The summed E-state index contributed by atoms with van der Waals surface area (Å²) in [5.74, 6) is 0. The van der Waals surface area contributed by atoms with E-state index < -0.39 is 0 Å². The molecule has 0 spiro atoms. The third kappa shape index (κ3) is 4.79. The van der Waals surface area contributed by atoms with Crippen molar-refractivity contribution >= 4 is 64.6 Å². The SMILES string of the molecule is c1cc(-c2ccc(-c3ccc4ccc5cccc6ccc3c4c56)cc2)cc(-c2cccc(-c3ccc(-c4ccc5ccc6cccc7ccc4c5c67)cc3)c2)c1. The zero-order valence-electron chi connectivity index (χ0n) is 30.6. The second-order valence-corrected chi connectivity index (χ2v) is 15.3. The Morgan fingerprint density at radius 3 is 0.857 bits per heavy atom. The van der Waals surface area contributed by atoms with E-state index in [0.717, 1.165) is 0 Å². The van der Waals surface area contributed by atoms with Crippen LogP contribution in [0.5, 0.6) is 0 Å². The number of benzene rings is 12. The topological polar surface area (TPSA) is 0 Å². The van der Waals surface area contributed by atoms with Gasteiger partial charge in [-0.1, -0.05) is 194 Å². The molecular formula is C56H34. The van der Waals surface area contributed by atoms with Gasteiger partial charge in [0.15, 0.2) is 0 Å². The predicted molar refractivity (Wildman–Crippen MR) is 241 cm³/mol. The van der Waals surface area contributed by atoms with Crippen LogP contribution in [0, 0.1) is 0 Å². The molecule has 0 heteroatoms. The second-order valence-electron chi connectivity index (χ2n) is 15.3. The molecule has 0 nitrogen and oxygen atoms in total. The molecule has 0 bridgehead atoms. The molecule has 258 valence electrons. The number of hydrogen-bond acceptors (Lipinski definition) is 0. The van der Waals surface area contributed by atoms with Crippen LogP contribution in [0.25, 0.3) is 120 Å². The number of rotatable bonds is 5. The Morgan fingerprint density at radius 1 is 0.179 bits per heavy atom. The van der Waals surface area contributed by atoms with E-state index in [0.29, 0.717) is 0 Å². The molecule has 0 atom stereocenters. The fourth-order valence-corrected chi connectivity index (χ4v) is 9.42. The molecular weight excluding hydrogens is 673 g/mol. The summed E-state index contributed by atoms with van der Waals surface area (Å²) in [7, 11) is 0. The molecule has 12 aromatic carbocycles. The van der Waals surface area contributed by atoms with E-state index in [1.54, 1.807) is 0 Å². The molecule has 0 aliphatic carbocycles. The minimum atomic E-state index is 1.21. The first-order valence-corrected chi connectivity index (χ1v) is 19.5. The maximum Gasteiger partial charge on any atom is -0.00206 e. The van der Waals surface area contributed by atoms with Gasteiger partial charge in [0.25, 0.3) is 0 Å². The van der Waals surface area contributed by atoms with Gasteiger partial charge in [0, 0.05) is 0 Å². The van der Waals surface area contributed by atoms with Crippen LogP contribution >= 0.6 is 0 Å². The van der Waals surface area contributed by atoms with Crippen LogP contribution in [0.2, 0.25) is 0 Å².